The van der Waals surface area contributed by atoms with Crippen molar-refractivity contribution in [3.63, 3.8) is 0 Å². The zero-order valence-corrected chi connectivity index (χ0v) is 40.9. The molecule has 12 rings (SSSR count). The minimum Gasteiger partial charge on any atom is -0.311 e. The zero-order valence-electron chi connectivity index (χ0n) is 40.9. The molecule has 0 atom stereocenters. The number of para-hydroxylation sites is 2. The van der Waals surface area contributed by atoms with Gasteiger partial charge in [0.2, 0.25) is 0 Å². The van der Waals surface area contributed by atoms with Gasteiger partial charge in [-0.3, -0.25) is 0 Å². The first-order valence-electron chi connectivity index (χ1n) is 25.0. The molecule has 0 bridgehead atoms. The van der Waals surface area contributed by atoms with E-state index < -0.39 is 0 Å². The normalized spacial score (nSPS) is 12.2. The maximum Gasteiger partial charge on any atom is 0.0465 e. The van der Waals surface area contributed by atoms with Crippen LogP contribution in [-0.4, -0.2) is 0 Å². The fourth-order valence-corrected chi connectivity index (χ4v) is 11.0. The van der Waals surface area contributed by atoms with E-state index >= 15 is 0 Å². The summed E-state index contributed by atoms with van der Waals surface area (Å²) in [5, 5.41) is 0. The number of benzene rings is 11. The van der Waals surface area contributed by atoms with Crippen molar-refractivity contribution in [3.05, 3.63) is 290 Å². The second kappa shape index (κ2) is 18.7. The lowest BCUT2D eigenvalue weighted by molar-refractivity contribution is 0.660. The van der Waals surface area contributed by atoms with Gasteiger partial charge >= 0.3 is 0 Å². The molecule has 1 aliphatic carbocycles. The van der Waals surface area contributed by atoms with Crippen molar-refractivity contribution in [2.75, 3.05) is 9.80 Å². The Bertz CT molecular complexity index is 3660. The lowest BCUT2D eigenvalue weighted by Crippen LogP contribution is -2.16. The largest absolute Gasteiger partial charge is 0.311 e. The molecule has 0 fully saturated rings. The Labute approximate surface area is 424 Å². The number of hydrogen-bond donors (Lipinski definition) is 0. The van der Waals surface area contributed by atoms with Crippen molar-refractivity contribution in [1.82, 2.24) is 0 Å². The molecular weight excluding hydrogens is 869 g/mol. The Morgan fingerprint density at radius 3 is 1.03 bits per heavy atom. The van der Waals surface area contributed by atoms with Gasteiger partial charge < -0.3 is 9.80 Å². The van der Waals surface area contributed by atoms with E-state index in [1.165, 1.54) is 72.3 Å². The van der Waals surface area contributed by atoms with Crippen LogP contribution in [0.15, 0.2) is 273 Å². The van der Waals surface area contributed by atoms with Crippen molar-refractivity contribution >= 4 is 34.1 Å². The van der Waals surface area contributed by atoms with Crippen molar-refractivity contribution in [2.45, 2.75) is 26.2 Å². The topological polar surface area (TPSA) is 6.48 Å². The number of fused-ring (bicyclic) bond motifs is 3. The number of hydrogen-bond acceptors (Lipinski definition) is 2. The predicted octanol–water partition coefficient (Wildman–Crippen LogP) is 19.6. The van der Waals surface area contributed by atoms with E-state index in [9.17, 15) is 0 Å². The summed E-state index contributed by atoms with van der Waals surface area (Å²) < 4.78 is 0. The Morgan fingerprint density at radius 2 is 0.583 bits per heavy atom. The van der Waals surface area contributed by atoms with Crippen molar-refractivity contribution in [2.24, 2.45) is 0 Å². The third-order valence-electron chi connectivity index (χ3n) is 14.6. The number of rotatable bonds is 11. The van der Waals surface area contributed by atoms with Gasteiger partial charge in [0.05, 0.1) is 0 Å². The molecule has 0 saturated carbocycles. The fraction of sp³-hybridized carbons (Fsp3) is 0.0571. The second-order valence-electron chi connectivity index (χ2n) is 19.4. The maximum absolute atomic E-state index is 2.42. The second-order valence-corrected chi connectivity index (χ2v) is 19.4. The third-order valence-corrected chi connectivity index (χ3v) is 14.6. The standard InChI is InChI=1S/C70H54N2/c1-49-20-19-31-67-69(49)62-45-44-61(46-68(62)70(67,2)3)72(57-29-17-8-18-30-57)60-42-36-55(37-43-60)66-48-63(52-23-11-5-12-24-52)65(47-64(66)53-25-13-6-14-26-53)54-34-40-59(41-35-54)71(56-27-15-7-16-28-56)58-38-32-51(33-39-58)50-21-9-4-10-22-50/h4-48H,1-3H3. The Hall–Kier alpha value is -8.98. The first-order valence-corrected chi connectivity index (χ1v) is 25.0. The summed E-state index contributed by atoms with van der Waals surface area (Å²) in [6, 6.07) is 99.4. The number of aryl methyl sites for hydroxylation is 1. The summed E-state index contributed by atoms with van der Waals surface area (Å²) >= 11 is 0. The summed E-state index contributed by atoms with van der Waals surface area (Å²) in [6.07, 6.45) is 0. The lowest BCUT2D eigenvalue weighted by atomic mass is 9.82. The van der Waals surface area contributed by atoms with Crippen LogP contribution in [0.2, 0.25) is 0 Å². The first kappa shape index (κ1) is 44.2. The van der Waals surface area contributed by atoms with Crippen LogP contribution in [0.4, 0.5) is 34.1 Å². The van der Waals surface area contributed by atoms with Crippen molar-refractivity contribution in [3.8, 4) is 66.8 Å². The SMILES string of the molecule is Cc1cccc2c1-c1ccc(N(c3ccccc3)c3ccc(-c4cc(-c5ccccc5)c(-c5ccc(N(c6ccccc6)c6ccc(-c7ccccc7)cc6)cc5)cc4-c4ccccc4)cc3)cc1C2(C)C. The number of nitrogens with zero attached hydrogens (tertiary/aromatic N) is 2. The molecule has 0 unspecified atom stereocenters. The van der Waals surface area contributed by atoms with E-state index in [1.807, 2.05) is 0 Å². The van der Waals surface area contributed by atoms with Gasteiger partial charge in [-0.2, -0.15) is 0 Å². The van der Waals surface area contributed by atoms with Crippen LogP contribution >= 0.6 is 0 Å². The summed E-state index contributed by atoms with van der Waals surface area (Å²) in [4.78, 5) is 4.73. The quantitative estimate of drug-likeness (QED) is 0.128. The monoisotopic (exact) mass is 922 g/mol. The van der Waals surface area contributed by atoms with Gasteiger partial charge in [-0.15, -0.1) is 0 Å². The van der Waals surface area contributed by atoms with Crippen LogP contribution in [-0.2, 0) is 5.41 Å². The molecule has 0 spiro atoms. The average Bonchev–Trinajstić information content (AvgIpc) is 3.68. The minimum atomic E-state index is -0.115. The van der Waals surface area contributed by atoms with Crippen LogP contribution in [0, 0.1) is 6.92 Å². The Balaban J connectivity index is 0.952. The van der Waals surface area contributed by atoms with Gasteiger partial charge in [-0.05, 0) is 175 Å². The highest BCUT2D eigenvalue weighted by molar-refractivity contribution is 5.96. The highest BCUT2D eigenvalue weighted by atomic mass is 15.1. The molecule has 0 N–H and O–H groups in total. The minimum absolute atomic E-state index is 0.115. The fourth-order valence-electron chi connectivity index (χ4n) is 11.0. The van der Waals surface area contributed by atoms with Gasteiger partial charge in [0, 0.05) is 39.5 Å². The van der Waals surface area contributed by atoms with Crippen LogP contribution < -0.4 is 9.80 Å². The Kier molecular flexibility index (Phi) is 11.5. The molecule has 0 radical (unpaired) electrons. The molecule has 344 valence electrons. The molecule has 1 aliphatic rings. The summed E-state index contributed by atoms with van der Waals surface area (Å²) in [5.41, 5.74) is 25.1. The highest BCUT2D eigenvalue weighted by Crippen LogP contribution is 2.52. The third kappa shape index (κ3) is 8.17. The average molecular weight is 923 g/mol. The molecule has 0 saturated heterocycles. The van der Waals surface area contributed by atoms with Crippen LogP contribution in [0.3, 0.4) is 0 Å². The van der Waals surface area contributed by atoms with Crippen molar-refractivity contribution < 1.29 is 0 Å². The summed E-state index contributed by atoms with van der Waals surface area (Å²) in [5.74, 6) is 0. The molecular formula is C70H54N2. The summed E-state index contributed by atoms with van der Waals surface area (Å²) in [7, 11) is 0. The van der Waals surface area contributed by atoms with Gasteiger partial charge in [0.15, 0.2) is 0 Å². The van der Waals surface area contributed by atoms with E-state index in [2.05, 4.69) is 304 Å². The van der Waals surface area contributed by atoms with Gasteiger partial charge in [0.1, 0.15) is 0 Å². The lowest BCUT2D eigenvalue weighted by Gasteiger charge is -2.28. The molecule has 11 aromatic carbocycles. The molecule has 0 heterocycles. The van der Waals surface area contributed by atoms with E-state index in [4.69, 9.17) is 0 Å². The molecule has 0 amide bonds. The molecule has 11 aromatic rings. The van der Waals surface area contributed by atoms with Crippen LogP contribution in [0.5, 0.6) is 0 Å². The van der Waals surface area contributed by atoms with Gasteiger partial charge in [0.25, 0.3) is 0 Å². The molecule has 2 nitrogen and oxygen atoms in total. The Morgan fingerprint density at radius 1 is 0.250 bits per heavy atom. The van der Waals surface area contributed by atoms with E-state index in [-0.39, 0.29) is 5.41 Å². The smallest absolute Gasteiger partial charge is 0.0465 e. The van der Waals surface area contributed by atoms with E-state index in [0.29, 0.717) is 0 Å². The zero-order chi connectivity index (χ0) is 48.6. The van der Waals surface area contributed by atoms with Crippen LogP contribution in [0.25, 0.3) is 66.8 Å². The maximum atomic E-state index is 2.42. The summed E-state index contributed by atoms with van der Waals surface area (Å²) in [6.45, 7) is 6.97. The highest BCUT2D eigenvalue weighted by Gasteiger charge is 2.36. The molecule has 72 heavy (non-hydrogen) atoms. The van der Waals surface area contributed by atoms with Gasteiger partial charge in [-0.1, -0.05) is 202 Å². The van der Waals surface area contributed by atoms with Gasteiger partial charge in [-0.25, -0.2) is 0 Å². The number of anilines is 6. The van der Waals surface area contributed by atoms with E-state index in [0.717, 1.165) is 45.3 Å². The van der Waals surface area contributed by atoms with Crippen LogP contribution in [0.1, 0.15) is 30.5 Å². The predicted molar refractivity (Wildman–Crippen MR) is 305 cm³/mol. The first-order chi connectivity index (χ1) is 35.4. The van der Waals surface area contributed by atoms with E-state index in [1.54, 1.807) is 0 Å². The molecule has 0 aromatic heterocycles. The molecule has 0 aliphatic heterocycles. The van der Waals surface area contributed by atoms with Crippen molar-refractivity contribution in [1.29, 1.82) is 0 Å². The molecule has 2 heteroatoms.